The molecule has 5 nitrogen and oxygen atoms in total. The summed E-state index contributed by atoms with van der Waals surface area (Å²) < 4.78 is 11.1. The molecule has 142 valence electrons. The van der Waals surface area contributed by atoms with Gasteiger partial charge >= 0.3 is 11.9 Å². The molecule has 0 amide bonds. The molecule has 3 aromatic rings. The third-order valence-electron chi connectivity index (χ3n) is 3.68. The summed E-state index contributed by atoms with van der Waals surface area (Å²) in [6, 6.07) is 12.4. The first-order valence-electron chi connectivity index (χ1n) is 8.27. The second kappa shape index (κ2) is 8.54. The molecule has 1 aromatic heterocycles. The van der Waals surface area contributed by atoms with Crippen molar-refractivity contribution in [3.05, 3.63) is 63.2 Å². The second-order valence-electron chi connectivity index (χ2n) is 5.89. The maximum Gasteiger partial charge on any atom is 0.308 e. The highest BCUT2D eigenvalue weighted by Gasteiger charge is 2.11. The molecule has 0 aliphatic carbocycles. The first-order valence-corrected chi connectivity index (χ1v) is 9.44. The van der Waals surface area contributed by atoms with Crippen molar-refractivity contribution < 1.29 is 19.1 Å². The van der Waals surface area contributed by atoms with Gasteiger partial charge in [0.25, 0.3) is 0 Å². The molecule has 0 aliphatic rings. The van der Waals surface area contributed by atoms with Crippen LogP contribution in [0.5, 0.6) is 11.5 Å². The predicted molar refractivity (Wildman–Crippen MR) is 112 cm³/mol. The lowest BCUT2D eigenvalue weighted by molar-refractivity contribution is -0.132. The average molecular weight is 461 g/mol. The first kappa shape index (κ1) is 20.0. The van der Waals surface area contributed by atoms with Gasteiger partial charge in [-0.15, -0.1) is 0 Å². The van der Waals surface area contributed by atoms with Crippen molar-refractivity contribution in [2.45, 2.75) is 13.8 Å². The molecule has 0 atom stereocenters. The molecule has 0 saturated heterocycles. The van der Waals surface area contributed by atoms with Crippen molar-refractivity contribution in [2.24, 2.45) is 0 Å². The lowest BCUT2D eigenvalue weighted by Crippen LogP contribution is -2.03. The molecule has 2 aromatic carbocycles. The van der Waals surface area contributed by atoms with Gasteiger partial charge in [-0.05, 0) is 52.3 Å². The number of hydrogen-bond donors (Lipinski definition) is 0. The number of hydrogen-bond acceptors (Lipinski definition) is 5. The maximum atomic E-state index is 11.4. The standard InChI is InChI=1S/C21H15BrClNO4/c1-12(25)27-19-5-3-4-14-6-8-17(24-20(14)19)9-7-15-10-16(23)11-18(22)21(15)28-13(2)26/h3-11H,1-2H3/b9-7+. The molecule has 0 radical (unpaired) electrons. The summed E-state index contributed by atoms with van der Waals surface area (Å²) in [4.78, 5) is 27.3. The fourth-order valence-electron chi connectivity index (χ4n) is 2.60. The summed E-state index contributed by atoms with van der Waals surface area (Å²) in [5.41, 5.74) is 1.83. The molecular formula is C21H15BrClNO4. The zero-order valence-electron chi connectivity index (χ0n) is 15.0. The molecule has 7 heteroatoms. The van der Waals surface area contributed by atoms with E-state index in [1.807, 2.05) is 18.2 Å². The summed E-state index contributed by atoms with van der Waals surface area (Å²) in [6.07, 6.45) is 3.51. The Bertz CT molecular complexity index is 1110. The third-order valence-corrected chi connectivity index (χ3v) is 4.48. The number of nitrogens with zero attached hydrogens (tertiary/aromatic N) is 1. The molecule has 0 unspecified atom stereocenters. The number of benzene rings is 2. The molecular weight excluding hydrogens is 446 g/mol. The highest BCUT2D eigenvalue weighted by atomic mass is 79.9. The van der Waals surface area contributed by atoms with Gasteiger partial charge in [0, 0.05) is 29.8 Å². The third kappa shape index (κ3) is 4.77. The van der Waals surface area contributed by atoms with Crippen LogP contribution in [0.3, 0.4) is 0 Å². The Balaban J connectivity index is 2.02. The minimum absolute atomic E-state index is 0.370. The number of carbonyl (C=O) groups excluding carboxylic acids is 2. The van der Waals surface area contributed by atoms with Crippen LogP contribution in [0.15, 0.2) is 46.9 Å². The fourth-order valence-corrected chi connectivity index (χ4v) is 3.51. The summed E-state index contributed by atoms with van der Waals surface area (Å²) >= 11 is 9.48. The van der Waals surface area contributed by atoms with Crippen LogP contribution in [0.4, 0.5) is 0 Å². The maximum absolute atomic E-state index is 11.4. The summed E-state index contributed by atoms with van der Waals surface area (Å²) in [5.74, 6) is -0.0848. The van der Waals surface area contributed by atoms with Gasteiger partial charge in [0.05, 0.1) is 10.2 Å². The Hall–Kier alpha value is -2.70. The van der Waals surface area contributed by atoms with Gasteiger partial charge < -0.3 is 9.47 Å². The van der Waals surface area contributed by atoms with Gasteiger partial charge in [-0.3, -0.25) is 9.59 Å². The number of esters is 2. The van der Waals surface area contributed by atoms with Crippen molar-refractivity contribution in [3.8, 4) is 11.5 Å². The first-order chi connectivity index (χ1) is 13.3. The van der Waals surface area contributed by atoms with Crippen molar-refractivity contribution in [2.75, 3.05) is 0 Å². The van der Waals surface area contributed by atoms with Crippen LogP contribution < -0.4 is 9.47 Å². The summed E-state index contributed by atoms with van der Waals surface area (Å²) in [6.45, 7) is 2.67. The van der Waals surface area contributed by atoms with E-state index in [1.165, 1.54) is 13.8 Å². The molecule has 1 heterocycles. The highest BCUT2D eigenvalue weighted by Crippen LogP contribution is 2.34. The molecule has 0 fully saturated rings. The van der Waals surface area contributed by atoms with E-state index < -0.39 is 11.9 Å². The van der Waals surface area contributed by atoms with Crippen LogP contribution in [0.2, 0.25) is 5.02 Å². The summed E-state index contributed by atoms with van der Waals surface area (Å²) in [7, 11) is 0. The highest BCUT2D eigenvalue weighted by molar-refractivity contribution is 9.10. The van der Waals surface area contributed by atoms with Gasteiger partial charge in [-0.1, -0.05) is 29.8 Å². The Morgan fingerprint density at radius 3 is 2.50 bits per heavy atom. The Kier molecular flexibility index (Phi) is 6.11. The van der Waals surface area contributed by atoms with E-state index in [9.17, 15) is 9.59 Å². The number of rotatable bonds is 4. The quantitative estimate of drug-likeness (QED) is 0.371. The van der Waals surface area contributed by atoms with Crippen molar-refractivity contribution in [1.29, 1.82) is 0 Å². The Morgan fingerprint density at radius 2 is 1.79 bits per heavy atom. The number of carbonyl (C=O) groups is 2. The number of pyridine rings is 1. The van der Waals surface area contributed by atoms with E-state index in [-0.39, 0.29) is 0 Å². The molecule has 0 bridgehead atoms. The van der Waals surface area contributed by atoms with Gasteiger partial charge in [0.2, 0.25) is 0 Å². The van der Waals surface area contributed by atoms with Crippen LogP contribution in [0, 0.1) is 0 Å². The zero-order valence-corrected chi connectivity index (χ0v) is 17.4. The lowest BCUT2D eigenvalue weighted by atomic mass is 10.1. The topological polar surface area (TPSA) is 65.5 Å². The van der Waals surface area contributed by atoms with Crippen LogP contribution in [0.1, 0.15) is 25.1 Å². The van der Waals surface area contributed by atoms with E-state index in [0.717, 1.165) is 5.39 Å². The molecule has 28 heavy (non-hydrogen) atoms. The van der Waals surface area contributed by atoms with Crippen LogP contribution in [0.25, 0.3) is 23.1 Å². The van der Waals surface area contributed by atoms with Gasteiger partial charge in [0.15, 0.2) is 11.5 Å². The van der Waals surface area contributed by atoms with E-state index in [0.29, 0.717) is 37.8 Å². The van der Waals surface area contributed by atoms with Crippen LogP contribution >= 0.6 is 27.5 Å². The number of halogens is 2. The molecule has 0 saturated carbocycles. The lowest BCUT2D eigenvalue weighted by Gasteiger charge is -2.09. The fraction of sp³-hybridized carbons (Fsp3) is 0.0952. The van der Waals surface area contributed by atoms with E-state index in [4.69, 9.17) is 21.1 Å². The minimum Gasteiger partial charge on any atom is -0.425 e. The van der Waals surface area contributed by atoms with E-state index >= 15 is 0 Å². The number of fused-ring (bicyclic) bond motifs is 1. The number of para-hydroxylation sites is 1. The van der Waals surface area contributed by atoms with Crippen molar-refractivity contribution >= 4 is 62.5 Å². The average Bonchev–Trinajstić information content (AvgIpc) is 2.62. The smallest absolute Gasteiger partial charge is 0.308 e. The van der Waals surface area contributed by atoms with Gasteiger partial charge in [0.1, 0.15) is 5.52 Å². The van der Waals surface area contributed by atoms with Gasteiger partial charge in [-0.25, -0.2) is 4.98 Å². The zero-order chi connectivity index (χ0) is 20.3. The predicted octanol–water partition coefficient (Wildman–Crippen LogP) is 5.67. The molecule has 0 spiro atoms. The van der Waals surface area contributed by atoms with E-state index in [2.05, 4.69) is 20.9 Å². The number of ether oxygens (including phenoxy) is 2. The monoisotopic (exact) mass is 459 g/mol. The largest absolute Gasteiger partial charge is 0.425 e. The molecule has 3 rings (SSSR count). The van der Waals surface area contributed by atoms with Crippen molar-refractivity contribution in [1.82, 2.24) is 4.98 Å². The van der Waals surface area contributed by atoms with E-state index in [1.54, 1.807) is 36.4 Å². The molecule has 0 aliphatic heterocycles. The molecule has 0 N–H and O–H groups in total. The Labute approximate surface area is 175 Å². The Morgan fingerprint density at radius 1 is 1.04 bits per heavy atom. The normalized spacial score (nSPS) is 11.0. The SMILES string of the molecule is CC(=O)Oc1c(Br)cc(Cl)cc1/C=C/c1ccc2cccc(OC(C)=O)c2n1. The van der Waals surface area contributed by atoms with Gasteiger partial charge in [-0.2, -0.15) is 0 Å². The van der Waals surface area contributed by atoms with Crippen molar-refractivity contribution in [3.63, 3.8) is 0 Å². The minimum atomic E-state index is -0.437. The number of aromatic nitrogens is 1. The summed E-state index contributed by atoms with van der Waals surface area (Å²) in [5, 5.41) is 1.34. The second-order valence-corrected chi connectivity index (χ2v) is 7.18. The van der Waals surface area contributed by atoms with Crippen LogP contribution in [-0.4, -0.2) is 16.9 Å². The van der Waals surface area contributed by atoms with Crippen LogP contribution in [-0.2, 0) is 9.59 Å².